The van der Waals surface area contributed by atoms with Crippen LogP contribution in [-0.4, -0.2) is 53.8 Å². The second kappa shape index (κ2) is 9.74. The van der Waals surface area contributed by atoms with Crippen molar-refractivity contribution < 1.29 is 17.7 Å². The lowest BCUT2D eigenvalue weighted by Gasteiger charge is -2.32. The van der Waals surface area contributed by atoms with Crippen molar-refractivity contribution in [3.05, 3.63) is 64.5 Å². The van der Waals surface area contributed by atoms with Gasteiger partial charge in [-0.05, 0) is 44.0 Å². The second-order valence-electron chi connectivity index (χ2n) is 8.21. The molecule has 1 aliphatic heterocycles. The van der Waals surface area contributed by atoms with Gasteiger partial charge in [0.2, 0.25) is 27.6 Å². The lowest BCUT2D eigenvalue weighted by atomic mass is 9.97. The summed E-state index contributed by atoms with van der Waals surface area (Å²) in [5.74, 6) is 0.513. The molecule has 0 unspecified atom stereocenters. The fraction of sp³-hybridized carbons (Fsp3) is 0.348. The summed E-state index contributed by atoms with van der Waals surface area (Å²) in [6, 6.07) is 14.4. The first-order chi connectivity index (χ1) is 15.7. The summed E-state index contributed by atoms with van der Waals surface area (Å²) in [4.78, 5) is 19.2. The van der Waals surface area contributed by atoms with Crippen molar-refractivity contribution in [2.24, 2.45) is 5.92 Å². The zero-order valence-electron chi connectivity index (χ0n) is 18.4. The first-order valence-corrected chi connectivity index (χ1v) is 12.9. The highest BCUT2D eigenvalue weighted by molar-refractivity contribution is 9.10. The van der Waals surface area contributed by atoms with Gasteiger partial charge < -0.3 is 9.42 Å². The number of piperidine rings is 1. The number of amides is 1. The van der Waals surface area contributed by atoms with Crippen LogP contribution in [-0.2, 0) is 21.4 Å². The van der Waals surface area contributed by atoms with Gasteiger partial charge in [-0.15, -0.1) is 0 Å². The Kier molecular flexibility index (Phi) is 6.96. The molecule has 4 rings (SSSR count). The quantitative estimate of drug-likeness (QED) is 0.478. The van der Waals surface area contributed by atoms with Gasteiger partial charge in [0.05, 0.1) is 11.4 Å². The van der Waals surface area contributed by atoms with Crippen LogP contribution in [0.2, 0.25) is 0 Å². The van der Waals surface area contributed by atoms with E-state index in [1.54, 1.807) is 36.2 Å². The fourth-order valence-electron chi connectivity index (χ4n) is 3.86. The maximum Gasteiger partial charge on any atom is 0.246 e. The summed E-state index contributed by atoms with van der Waals surface area (Å²) >= 11 is 3.42. The van der Waals surface area contributed by atoms with E-state index >= 15 is 0 Å². The van der Waals surface area contributed by atoms with Crippen LogP contribution in [0.5, 0.6) is 0 Å². The monoisotopic (exact) mass is 532 g/mol. The van der Waals surface area contributed by atoms with E-state index in [0.717, 1.165) is 15.6 Å². The fourth-order valence-corrected chi connectivity index (χ4v) is 5.73. The Morgan fingerprint density at radius 1 is 1.18 bits per heavy atom. The molecule has 0 spiro atoms. The van der Waals surface area contributed by atoms with E-state index in [2.05, 4.69) is 26.1 Å². The minimum absolute atomic E-state index is 0.0513. The third kappa shape index (κ3) is 5.34. The summed E-state index contributed by atoms with van der Waals surface area (Å²) in [5, 5.41) is 4.01. The van der Waals surface area contributed by atoms with Crippen molar-refractivity contribution in [1.29, 1.82) is 0 Å². The molecule has 2 heterocycles. The topological polar surface area (TPSA) is 96.6 Å². The summed E-state index contributed by atoms with van der Waals surface area (Å²) in [5.41, 5.74) is 1.82. The van der Waals surface area contributed by atoms with Crippen LogP contribution in [0.1, 0.15) is 24.3 Å². The Bertz CT molecular complexity index is 1240. The normalized spacial score (nSPS) is 15.5. The van der Waals surface area contributed by atoms with E-state index in [0.29, 0.717) is 37.6 Å². The molecule has 0 bridgehead atoms. The van der Waals surface area contributed by atoms with Crippen LogP contribution >= 0.6 is 15.9 Å². The average Bonchev–Trinajstić information content (AvgIpc) is 3.27. The molecule has 1 amide bonds. The van der Waals surface area contributed by atoms with E-state index in [9.17, 15) is 13.2 Å². The van der Waals surface area contributed by atoms with Crippen molar-refractivity contribution in [3.63, 3.8) is 0 Å². The number of rotatable bonds is 6. The molecule has 0 atom stereocenters. The summed E-state index contributed by atoms with van der Waals surface area (Å²) in [7, 11) is -1.86. The van der Waals surface area contributed by atoms with Gasteiger partial charge in [0.15, 0.2) is 0 Å². The maximum atomic E-state index is 12.9. The molecule has 0 saturated carbocycles. The molecular formula is C23H25BrN4O4S. The predicted molar refractivity (Wildman–Crippen MR) is 127 cm³/mol. The molecular weight excluding hydrogens is 508 g/mol. The van der Waals surface area contributed by atoms with Crippen LogP contribution < -0.4 is 0 Å². The minimum Gasteiger partial charge on any atom is -0.337 e. The second-order valence-corrected chi connectivity index (χ2v) is 11.1. The number of carbonyl (C=O) groups is 1. The largest absolute Gasteiger partial charge is 0.337 e. The number of nitrogens with zero attached hydrogens (tertiary/aromatic N) is 4. The van der Waals surface area contributed by atoms with Crippen LogP contribution in [0.25, 0.3) is 11.4 Å². The zero-order chi connectivity index (χ0) is 23.6. The van der Waals surface area contributed by atoms with E-state index in [4.69, 9.17) is 4.52 Å². The van der Waals surface area contributed by atoms with E-state index in [-0.39, 0.29) is 23.3 Å². The van der Waals surface area contributed by atoms with Crippen LogP contribution in [0.4, 0.5) is 0 Å². The summed E-state index contributed by atoms with van der Waals surface area (Å²) < 4.78 is 33.5. The Labute approximate surface area is 201 Å². The standard InChI is InChI=1S/C23H25BrN4O4S/c1-16-6-8-20(9-7-16)33(30,31)28-12-10-17(11-13-28)23(29)27(2)15-21-25-22(26-32-21)18-4-3-5-19(24)14-18/h3-9,14,17H,10-13,15H2,1-2H3. The van der Waals surface area contributed by atoms with Crippen LogP contribution in [0, 0.1) is 12.8 Å². The molecule has 8 nitrogen and oxygen atoms in total. The Morgan fingerprint density at radius 3 is 2.55 bits per heavy atom. The molecule has 33 heavy (non-hydrogen) atoms. The molecule has 0 aliphatic carbocycles. The lowest BCUT2D eigenvalue weighted by Crippen LogP contribution is -2.43. The van der Waals surface area contributed by atoms with E-state index in [1.165, 1.54) is 4.31 Å². The third-order valence-electron chi connectivity index (χ3n) is 5.76. The number of aromatic nitrogens is 2. The molecule has 0 N–H and O–H groups in total. The van der Waals surface area contributed by atoms with Crippen molar-refractivity contribution in [2.45, 2.75) is 31.2 Å². The number of aryl methyl sites for hydroxylation is 1. The highest BCUT2D eigenvalue weighted by Crippen LogP contribution is 2.26. The number of carbonyl (C=O) groups excluding carboxylic acids is 1. The van der Waals surface area contributed by atoms with Crippen molar-refractivity contribution in [2.75, 3.05) is 20.1 Å². The van der Waals surface area contributed by atoms with E-state index in [1.807, 2.05) is 31.2 Å². The smallest absolute Gasteiger partial charge is 0.246 e. The molecule has 10 heteroatoms. The Balaban J connectivity index is 1.34. The van der Waals surface area contributed by atoms with Gasteiger partial charge >= 0.3 is 0 Å². The molecule has 1 fully saturated rings. The SMILES string of the molecule is Cc1ccc(S(=O)(=O)N2CCC(C(=O)N(C)Cc3nc(-c4cccc(Br)c4)no3)CC2)cc1. The molecule has 1 saturated heterocycles. The van der Waals surface area contributed by atoms with Crippen molar-refractivity contribution in [1.82, 2.24) is 19.3 Å². The number of sulfonamides is 1. The average molecular weight is 533 g/mol. The molecule has 174 valence electrons. The molecule has 2 aromatic carbocycles. The van der Waals surface area contributed by atoms with Crippen molar-refractivity contribution in [3.8, 4) is 11.4 Å². The van der Waals surface area contributed by atoms with Crippen LogP contribution in [0.3, 0.4) is 0 Å². The summed E-state index contributed by atoms with van der Waals surface area (Å²) in [6.45, 7) is 2.74. The highest BCUT2D eigenvalue weighted by Gasteiger charge is 2.33. The first-order valence-electron chi connectivity index (χ1n) is 10.6. The third-order valence-corrected chi connectivity index (χ3v) is 8.17. The summed E-state index contributed by atoms with van der Waals surface area (Å²) in [6.07, 6.45) is 0.947. The van der Waals surface area contributed by atoms with Gasteiger partial charge in [-0.25, -0.2) is 8.42 Å². The molecule has 1 aromatic heterocycles. The highest BCUT2D eigenvalue weighted by atomic mass is 79.9. The number of halogens is 1. The van der Waals surface area contributed by atoms with Gasteiger partial charge in [-0.1, -0.05) is 50.9 Å². The number of hydrogen-bond donors (Lipinski definition) is 0. The molecule has 0 radical (unpaired) electrons. The predicted octanol–water partition coefficient (Wildman–Crippen LogP) is 3.87. The van der Waals surface area contributed by atoms with Gasteiger partial charge in [0.1, 0.15) is 0 Å². The van der Waals surface area contributed by atoms with Crippen LogP contribution in [0.15, 0.2) is 62.4 Å². The number of benzene rings is 2. The maximum absolute atomic E-state index is 12.9. The molecule has 1 aliphatic rings. The van der Waals surface area contributed by atoms with Gasteiger partial charge in [0, 0.05) is 36.1 Å². The zero-order valence-corrected chi connectivity index (χ0v) is 20.8. The van der Waals surface area contributed by atoms with Gasteiger partial charge in [-0.2, -0.15) is 9.29 Å². The minimum atomic E-state index is -3.55. The Hall–Kier alpha value is -2.56. The van der Waals surface area contributed by atoms with Gasteiger partial charge in [-0.3, -0.25) is 4.79 Å². The number of hydrogen-bond acceptors (Lipinski definition) is 6. The van der Waals surface area contributed by atoms with Gasteiger partial charge in [0.25, 0.3) is 0 Å². The first kappa shape index (κ1) is 23.6. The van der Waals surface area contributed by atoms with E-state index < -0.39 is 10.0 Å². The Morgan fingerprint density at radius 2 is 1.88 bits per heavy atom. The molecule has 3 aromatic rings. The van der Waals surface area contributed by atoms with Crippen molar-refractivity contribution >= 4 is 31.9 Å². The lowest BCUT2D eigenvalue weighted by molar-refractivity contribution is -0.136.